The fraction of sp³-hybridized carbons (Fsp3) is 0.571. The van der Waals surface area contributed by atoms with Crippen molar-refractivity contribution in [2.75, 3.05) is 48.4 Å². The summed E-state index contributed by atoms with van der Waals surface area (Å²) in [7, 11) is 0. The van der Waals surface area contributed by atoms with Crippen molar-refractivity contribution in [2.45, 2.75) is 6.92 Å². The van der Waals surface area contributed by atoms with Crippen LogP contribution in [0, 0.1) is 5.92 Å². The number of nitrogens with zero attached hydrogens (tertiary/aromatic N) is 2. The normalized spacial score (nSPS) is 16.8. The van der Waals surface area contributed by atoms with Crippen LogP contribution in [-0.2, 0) is 4.79 Å². The Morgan fingerprint density at radius 2 is 2.25 bits per heavy atom. The molecule has 1 aliphatic rings. The van der Waals surface area contributed by atoms with Gasteiger partial charge >= 0.3 is 0 Å². The van der Waals surface area contributed by atoms with Crippen molar-refractivity contribution in [1.29, 1.82) is 0 Å². The highest BCUT2D eigenvalue weighted by molar-refractivity contribution is 7.98. The number of hydrogen-bond donors (Lipinski definition) is 2. The van der Waals surface area contributed by atoms with Crippen LogP contribution in [0.5, 0.6) is 0 Å². The fourth-order valence-corrected chi connectivity index (χ4v) is 2.80. The van der Waals surface area contributed by atoms with E-state index >= 15 is 0 Å². The molecule has 0 aliphatic carbocycles. The highest BCUT2D eigenvalue weighted by Crippen LogP contribution is 2.16. The van der Waals surface area contributed by atoms with Crippen LogP contribution in [0.3, 0.4) is 0 Å². The van der Waals surface area contributed by atoms with Gasteiger partial charge in [-0.15, -0.1) is 0 Å². The molecule has 1 atom stereocenters. The largest absolute Gasteiger partial charge is 0.368 e. The monoisotopic (exact) mass is 294 g/mol. The average Bonchev–Trinajstić information content (AvgIpc) is 2.49. The first kappa shape index (κ1) is 15.1. The summed E-state index contributed by atoms with van der Waals surface area (Å²) in [6.45, 7) is 5.94. The predicted molar refractivity (Wildman–Crippen MR) is 85.5 cm³/mol. The molecule has 6 heteroatoms. The van der Waals surface area contributed by atoms with Gasteiger partial charge < -0.3 is 15.5 Å². The van der Waals surface area contributed by atoms with Gasteiger partial charge in [0.1, 0.15) is 5.82 Å². The van der Waals surface area contributed by atoms with Gasteiger partial charge in [-0.25, -0.2) is 4.98 Å². The summed E-state index contributed by atoms with van der Waals surface area (Å²) >= 11 is 1.68. The maximum atomic E-state index is 11.9. The Morgan fingerprint density at radius 1 is 1.50 bits per heavy atom. The second kappa shape index (κ2) is 7.50. The Balaban J connectivity index is 1.92. The van der Waals surface area contributed by atoms with Crippen LogP contribution in [0.4, 0.5) is 11.5 Å². The van der Waals surface area contributed by atoms with Crippen molar-refractivity contribution in [3.05, 3.63) is 18.3 Å². The first-order valence-electron chi connectivity index (χ1n) is 6.92. The van der Waals surface area contributed by atoms with Gasteiger partial charge in [0, 0.05) is 37.8 Å². The van der Waals surface area contributed by atoms with Crippen LogP contribution in [0.25, 0.3) is 0 Å². The first-order valence-corrected chi connectivity index (χ1v) is 8.31. The maximum absolute atomic E-state index is 11.9. The lowest BCUT2D eigenvalue weighted by molar-refractivity contribution is -0.118. The minimum absolute atomic E-state index is 0.000328. The number of hydrogen-bond acceptors (Lipinski definition) is 5. The van der Waals surface area contributed by atoms with Crippen LogP contribution in [-0.4, -0.2) is 49.1 Å². The van der Waals surface area contributed by atoms with Gasteiger partial charge in [0.15, 0.2) is 0 Å². The number of carbonyl (C=O) groups is 1. The van der Waals surface area contributed by atoms with Gasteiger partial charge in [-0.1, -0.05) is 6.92 Å². The Labute approximate surface area is 124 Å². The van der Waals surface area contributed by atoms with Crippen molar-refractivity contribution < 1.29 is 4.79 Å². The van der Waals surface area contributed by atoms with E-state index in [0.29, 0.717) is 5.82 Å². The van der Waals surface area contributed by atoms with E-state index in [9.17, 15) is 4.79 Å². The number of anilines is 2. The lowest BCUT2D eigenvalue weighted by atomic mass is 10.2. The molecule has 110 valence electrons. The third-order valence-corrected chi connectivity index (χ3v) is 4.18. The van der Waals surface area contributed by atoms with E-state index in [2.05, 4.69) is 20.5 Å². The third-order valence-electron chi connectivity index (χ3n) is 3.35. The number of piperazine rings is 1. The maximum Gasteiger partial charge on any atom is 0.229 e. The molecule has 1 fully saturated rings. The van der Waals surface area contributed by atoms with Gasteiger partial charge in [0.25, 0.3) is 0 Å². The van der Waals surface area contributed by atoms with Crippen LogP contribution in [0.2, 0.25) is 0 Å². The van der Waals surface area contributed by atoms with Crippen LogP contribution >= 0.6 is 11.8 Å². The Bertz CT molecular complexity index is 431. The van der Waals surface area contributed by atoms with E-state index in [1.54, 1.807) is 11.8 Å². The summed E-state index contributed by atoms with van der Waals surface area (Å²) in [5.74, 6) is 1.48. The average molecular weight is 294 g/mol. The molecule has 2 N–H and O–H groups in total. The molecule has 1 aliphatic heterocycles. The Kier molecular flexibility index (Phi) is 5.67. The third kappa shape index (κ3) is 4.11. The zero-order valence-corrected chi connectivity index (χ0v) is 12.9. The molecule has 1 saturated heterocycles. The second-order valence-electron chi connectivity index (χ2n) is 4.98. The standard InChI is InChI=1S/C14H22N4OS/c1-11(10-20-2)14(19)17-13-4-3-12(9-16-13)18-7-5-15-6-8-18/h3-4,9,11,15H,5-8,10H2,1-2H3,(H,16,17,19). The zero-order chi connectivity index (χ0) is 14.4. The molecule has 0 radical (unpaired) electrons. The molecule has 2 rings (SSSR count). The topological polar surface area (TPSA) is 57.3 Å². The number of pyridine rings is 1. The number of aromatic nitrogens is 1. The molecular formula is C14H22N4OS. The quantitative estimate of drug-likeness (QED) is 0.860. The summed E-state index contributed by atoms with van der Waals surface area (Å²) in [5, 5.41) is 6.19. The summed E-state index contributed by atoms with van der Waals surface area (Å²) in [4.78, 5) is 18.5. The number of carbonyl (C=O) groups excluding carboxylic acids is 1. The van der Waals surface area contributed by atoms with E-state index < -0.39 is 0 Å². The summed E-state index contributed by atoms with van der Waals surface area (Å²) in [6.07, 6.45) is 3.84. The first-order chi connectivity index (χ1) is 9.70. The molecular weight excluding hydrogens is 272 g/mol. The number of thioether (sulfide) groups is 1. The van der Waals surface area contributed by atoms with Crippen molar-refractivity contribution in [3.63, 3.8) is 0 Å². The molecule has 0 spiro atoms. The molecule has 1 unspecified atom stereocenters. The van der Waals surface area contributed by atoms with Gasteiger partial charge in [0.2, 0.25) is 5.91 Å². The minimum Gasteiger partial charge on any atom is -0.368 e. The summed E-state index contributed by atoms with van der Waals surface area (Å²) in [6, 6.07) is 3.90. The number of amides is 1. The van der Waals surface area contributed by atoms with E-state index in [1.165, 1.54) is 0 Å². The van der Waals surface area contributed by atoms with Gasteiger partial charge in [-0.3, -0.25) is 4.79 Å². The van der Waals surface area contributed by atoms with Gasteiger partial charge in [-0.05, 0) is 18.4 Å². The predicted octanol–water partition coefficient (Wildman–Crippen LogP) is 1.43. The molecule has 0 bridgehead atoms. The van der Waals surface area contributed by atoms with Crippen molar-refractivity contribution in [2.24, 2.45) is 5.92 Å². The molecule has 20 heavy (non-hydrogen) atoms. The molecule has 0 saturated carbocycles. The highest BCUT2D eigenvalue weighted by Gasteiger charge is 2.14. The fourth-order valence-electron chi connectivity index (χ4n) is 2.15. The van der Waals surface area contributed by atoms with Crippen LogP contribution in [0.15, 0.2) is 18.3 Å². The molecule has 0 aromatic carbocycles. The Morgan fingerprint density at radius 3 is 2.85 bits per heavy atom. The molecule has 1 aromatic heterocycles. The second-order valence-corrected chi connectivity index (χ2v) is 5.90. The van der Waals surface area contributed by atoms with E-state index in [4.69, 9.17) is 0 Å². The zero-order valence-electron chi connectivity index (χ0n) is 12.1. The highest BCUT2D eigenvalue weighted by atomic mass is 32.2. The lowest BCUT2D eigenvalue weighted by Crippen LogP contribution is -2.43. The van der Waals surface area contributed by atoms with Crippen molar-refractivity contribution in [3.8, 4) is 0 Å². The minimum atomic E-state index is -0.000328. The van der Waals surface area contributed by atoms with Crippen LogP contribution in [0.1, 0.15) is 6.92 Å². The smallest absolute Gasteiger partial charge is 0.229 e. The van der Waals surface area contributed by atoms with Gasteiger partial charge in [-0.2, -0.15) is 11.8 Å². The van der Waals surface area contributed by atoms with Crippen molar-refractivity contribution in [1.82, 2.24) is 10.3 Å². The van der Waals surface area contributed by atoms with Crippen LogP contribution < -0.4 is 15.5 Å². The number of nitrogens with one attached hydrogen (secondary N) is 2. The van der Waals surface area contributed by atoms with E-state index in [1.807, 2.05) is 31.5 Å². The summed E-state index contributed by atoms with van der Waals surface area (Å²) in [5.41, 5.74) is 1.11. The van der Waals surface area contributed by atoms with E-state index in [-0.39, 0.29) is 11.8 Å². The molecule has 5 nitrogen and oxygen atoms in total. The number of rotatable bonds is 5. The SMILES string of the molecule is CSCC(C)C(=O)Nc1ccc(N2CCNCC2)cn1. The Hall–Kier alpha value is -1.27. The van der Waals surface area contributed by atoms with Gasteiger partial charge in [0.05, 0.1) is 11.9 Å². The summed E-state index contributed by atoms with van der Waals surface area (Å²) < 4.78 is 0. The molecule has 2 heterocycles. The van der Waals surface area contributed by atoms with E-state index in [0.717, 1.165) is 37.6 Å². The lowest BCUT2D eigenvalue weighted by Gasteiger charge is -2.29. The molecule has 1 aromatic rings. The van der Waals surface area contributed by atoms with Crippen molar-refractivity contribution >= 4 is 29.2 Å². The molecule has 1 amide bonds.